The summed E-state index contributed by atoms with van der Waals surface area (Å²) >= 11 is 0. The molecule has 6 nitrogen and oxygen atoms in total. The van der Waals surface area contributed by atoms with E-state index < -0.39 is 0 Å². The fourth-order valence-electron chi connectivity index (χ4n) is 2.96. The second kappa shape index (κ2) is 6.30. The first-order chi connectivity index (χ1) is 10.3. The van der Waals surface area contributed by atoms with Crippen LogP contribution in [0.15, 0.2) is 18.6 Å². The van der Waals surface area contributed by atoms with Gasteiger partial charge in [-0.2, -0.15) is 0 Å². The van der Waals surface area contributed by atoms with Crippen LogP contribution in [0.25, 0.3) is 5.65 Å². The smallest absolute Gasteiger partial charge is 0.180 e. The first kappa shape index (κ1) is 14.1. The zero-order chi connectivity index (χ0) is 14.7. The first-order valence-corrected chi connectivity index (χ1v) is 7.80. The van der Waals surface area contributed by atoms with E-state index in [4.69, 9.17) is 0 Å². The summed E-state index contributed by atoms with van der Waals surface area (Å²) in [6.45, 7) is 5.79. The molecule has 0 amide bonds. The minimum atomic E-state index is 0.484. The lowest BCUT2D eigenvalue weighted by Crippen LogP contribution is -2.39. The molecule has 0 bridgehead atoms. The molecule has 1 aliphatic rings. The quantitative estimate of drug-likeness (QED) is 0.882. The zero-order valence-corrected chi connectivity index (χ0v) is 12.8. The summed E-state index contributed by atoms with van der Waals surface area (Å²) in [5, 5.41) is 6.69. The molecule has 1 saturated heterocycles. The van der Waals surface area contributed by atoms with Crippen molar-refractivity contribution in [2.24, 2.45) is 0 Å². The van der Waals surface area contributed by atoms with Crippen LogP contribution in [0.4, 0.5) is 11.6 Å². The van der Waals surface area contributed by atoms with Gasteiger partial charge in [0.2, 0.25) is 0 Å². The highest BCUT2D eigenvalue weighted by Gasteiger charge is 2.20. The van der Waals surface area contributed by atoms with Crippen LogP contribution in [-0.2, 0) is 0 Å². The number of rotatable bonds is 5. The molecular weight excluding hydrogens is 264 g/mol. The lowest BCUT2D eigenvalue weighted by molar-refractivity contribution is 0.219. The predicted octanol–water partition coefficient (Wildman–Crippen LogP) is 2.06. The van der Waals surface area contributed by atoms with Crippen molar-refractivity contribution < 1.29 is 0 Å². The van der Waals surface area contributed by atoms with Crippen LogP contribution >= 0.6 is 0 Å². The van der Waals surface area contributed by atoms with Crippen LogP contribution in [0.1, 0.15) is 26.2 Å². The standard InChI is InChI=1S/C15H24N6/c1-3-7-20-8-4-12(5-9-20)18-14-15-17-6-10-21(15)11-13(16-2)19-14/h6,10-12,16H,3-5,7-9H2,1-2H3,(H,18,19). The van der Waals surface area contributed by atoms with Crippen LogP contribution in [0.2, 0.25) is 0 Å². The Hall–Kier alpha value is -1.82. The summed E-state index contributed by atoms with van der Waals surface area (Å²) in [7, 11) is 1.89. The maximum atomic E-state index is 4.62. The molecule has 21 heavy (non-hydrogen) atoms. The van der Waals surface area contributed by atoms with Gasteiger partial charge >= 0.3 is 0 Å². The van der Waals surface area contributed by atoms with Gasteiger partial charge in [-0.05, 0) is 25.8 Å². The van der Waals surface area contributed by atoms with E-state index in [1.807, 2.05) is 30.0 Å². The van der Waals surface area contributed by atoms with Gasteiger partial charge in [0.1, 0.15) is 5.82 Å². The molecule has 1 fully saturated rings. The average Bonchev–Trinajstić information content (AvgIpc) is 2.98. The highest BCUT2D eigenvalue weighted by molar-refractivity contribution is 5.65. The lowest BCUT2D eigenvalue weighted by atomic mass is 10.0. The second-order valence-electron chi connectivity index (χ2n) is 5.64. The monoisotopic (exact) mass is 288 g/mol. The van der Waals surface area contributed by atoms with Gasteiger partial charge in [0, 0.05) is 38.6 Å². The third kappa shape index (κ3) is 3.10. The molecule has 114 valence electrons. The number of likely N-dealkylation sites (tertiary alicyclic amines) is 1. The minimum absolute atomic E-state index is 0.484. The number of fused-ring (bicyclic) bond motifs is 1. The third-order valence-electron chi connectivity index (χ3n) is 4.10. The average molecular weight is 288 g/mol. The Bertz CT molecular complexity index is 585. The number of aromatic nitrogens is 3. The maximum absolute atomic E-state index is 4.62. The van der Waals surface area contributed by atoms with E-state index in [1.54, 1.807) is 0 Å². The van der Waals surface area contributed by atoms with Crippen molar-refractivity contribution in [2.45, 2.75) is 32.2 Å². The Morgan fingerprint density at radius 3 is 2.86 bits per heavy atom. The lowest BCUT2D eigenvalue weighted by Gasteiger charge is -2.32. The molecule has 2 N–H and O–H groups in total. The van der Waals surface area contributed by atoms with Gasteiger partial charge in [-0.15, -0.1) is 0 Å². The number of piperidine rings is 1. The summed E-state index contributed by atoms with van der Waals surface area (Å²) in [5.74, 6) is 1.73. The molecule has 1 aliphatic heterocycles. The molecule has 0 aromatic carbocycles. The van der Waals surface area contributed by atoms with Crippen LogP contribution in [0.3, 0.4) is 0 Å². The van der Waals surface area contributed by atoms with Gasteiger partial charge in [-0.25, -0.2) is 9.97 Å². The molecule has 0 spiro atoms. The Labute approximate surface area is 125 Å². The van der Waals surface area contributed by atoms with Crippen LogP contribution in [0, 0.1) is 0 Å². The van der Waals surface area contributed by atoms with Gasteiger partial charge in [-0.3, -0.25) is 0 Å². The van der Waals surface area contributed by atoms with E-state index in [9.17, 15) is 0 Å². The zero-order valence-electron chi connectivity index (χ0n) is 12.8. The normalized spacial score (nSPS) is 17.2. The third-order valence-corrected chi connectivity index (χ3v) is 4.10. The summed E-state index contributed by atoms with van der Waals surface area (Å²) in [4.78, 5) is 11.6. The Balaban J connectivity index is 1.72. The van der Waals surface area contributed by atoms with Crippen LogP contribution in [0.5, 0.6) is 0 Å². The van der Waals surface area contributed by atoms with E-state index in [2.05, 4.69) is 32.4 Å². The Morgan fingerprint density at radius 2 is 2.14 bits per heavy atom. The van der Waals surface area contributed by atoms with Crippen molar-refractivity contribution in [3.63, 3.8) is 0 Å². The maximum Gasteiger partial charge on any atom is 0.180 e. The number of hydrogen-bond donors (Lipinski definition) is 2. The van der Waals surface area contributed by atoms with Gasteiger partial charge in [0.25, 0.3) is 0 Å². The molecule has 0 aliphatic carbocycles. The van der Waals surface area contributed by atoms with E-state index in [0.717, 1.165) is 17.3 Å². The fourth-order valence-corrected chi connectivity index (χ4v) is 2.96. The molecule has 0 atom stereocenters. The molecule has 3 rings (SSSR count). The van der Waals surface area contributed by atoms with Gasteiger partial charge in [-0.1, -0.05) is 6.92 Å². The number of hydrogen-bond acceptors (Lipinski definition) is 5. The Kier molecular flexibility index (Phi) is 4.24. The summed E-state index contributed by atoms with van der Waals surface area (Å²) < 4.78 is 2.01. The molecule has 0 unspecified atom stereocenters. The van der Waals surface area contributed by atoms with E-state index in [0.29, 0.717) is 6.04 Å². The summed E-state index contributed by atoms with van der Waals surface area (Å²) in [6.07, 6.45) is 9.28. The molecule has 2 aromatic rings. The number of imidazole rings is 1. The van der Waals surface area contributed by atoms with Crippen molar-refractivity contribution in [2.75, 3.05) is 37.3 Å². The number of nitrogens with one attached hydrogen (secondary N) is 2. The highest BCUT2D eigenvalue weighted by atomic mass is 15.2. The van der Waals surface area contributed by atoms with Gasteiger partial charge in [0.15, 0.2) is 11.5 Å². The van der Waals surface area contributed by atoms with Crippen molar-refractivity contribution in [3.8, 4) is 0 Å². The van der Waals surface area contributed by atoms with Crippen molar-refractivity contribution in [3.05, 3.63) is 18.6 Å². The van der Waals surface area contributed by atoms with E-state index in [-0.39, 0.29) is 0 Å². The molecule has 0 saturated carbocycles. The van der Waals surface area contributed by atoms with Crippen LogP contribution < -0.4 is 10.6 Å². The van der Waals surface area contributed by atoms with Crippen molar-refractivity contribution in [1.29, 1.82) is 0 Å². The molecule has 3 heterocycles. The topological polar surface area (TPSA) is 57.5 Å². The van der Waals surface area contributed by atoms with Crippen molar-refractivity contribution >= 4 is 17.3 Å². The van der Waals surface area contributed by atoms with Crippen LogP contribution in [-0.4, -0.2) is 52.0 Å². The Morgan fingerprint density at radius 1 is 1.33 bits per heavy atom. The number of nitrogens with zero attached hydrogens (tertiary/aromatic N) is 4. The van der Waals surface area contributed by atoms with E-state index in [1.165, 1.54) is 38.9 Å². The fraction of sp³-hybridized carbons (Fsp3) is 0.600. The SMILES string of the molecule is CCCN1CCC(Nc2nc(NC)cn3ccnc23)CC1. The largest absolute Gasteiger partial charge is 0.372 e. The molecule has 0 radical (unpaired) electrons. The summed E-state index contributed by atoms with van der Waals surface area (Å²) in [6, 6.07) is 0.484. The van der Waals surface area contributed by atoms with Gasteiger partial charge < -0.3 is 19.9 Å². The first-order valence-electron chi connectivity index (χ1n) is 7.80. The van der Waals surface area contributed by atoms with Gasteiger partial charge in [0.05, 0.1) is 6.20 Å². The second-order valence-corrected chi connectivity index (χ2v) is 5.64. The highest BCUT2D eigenvalue weighted by Crippen LogP contribution is 2.20. The molecular formula is C15H24N6. The van der Waals surface area contributed by atoms with Crippen molar-refractivity contribution in [1.82, 2.24) is 19.3 Å². The van der Waals surface area contributed by atoms with E-state index >= 15 is 0 Å². The predicted molar refractivity (Wildman–Crippen MR) is 85.9 cm³/mol. The summed E-state index contributed by atoms with van der Waals surface area (Å²) in [5.41, 5.74) is 0.894. The molecule has 6 heteroatoms. The molecule has 2 aromatic heterocycles. The number of anilines is 2. The minimum Gasteiger partial charge on any atom is -0.372 e.